The molecule has 0 saturated carbocycles. The van der Waals surface area contributed by atoms with Crippen LogP contribution in [0.25, 0.3) is 5.95 Å². The number of nitrogens with zero attached hydrogens (tertiary/aromatic N) is 4. The number of hydrogen-bond donors (Lipinski definition) is 1. The third kappa shape index (κ3) is 2.18. The van der Waals surface area contributed by atoms with Gasteiger partial charge >= 0.3 is 6.18 Å². The van der Waals surface area contributed by atoms with Crippen molar-refractivity contribution < 1.29 is 13.2 Å². The first-order valence-corrected chi connectivity index (χ1v) is 5.37. The zero-order valence-electron chi connectivity index (χ0n) is 8.11. The van der Waals surface area contributed by atoms with Gasteiger partial charge in [-0.2, -0.15) is 23.0 Å². The van der Waals surface area contributed by atoms with Gasteiger partial charge in [0.05, 0.1) is 3.57 Å². The molecule has 2 aromatic rings. The summed E-state index contributed by atoms with van der Waals surface area (Å²) in [4.78, 5) is 7.57. The molecule has 0 bridgehead atoms. The van der Waals surface area contributed by atoms with E-state index in [2.05, 4.69) is 15.1 Å². The van der Waals surface area contributed by atoms with Crippen LogP contribution in [0, 0.1) is 3.57 Å². The molecule has 0 fully saturated rings. The maximum absolute atomic E-state index is 12.6. The van der Waals surface area contributed by atoms with Crippen LogP contribution in [0.4, 0.5) is 19.0 Å². The van der Waals surface area contributed by atoms with Gasteiger partial charge in [0, 0.05) is 12.4 Å². The minimum atomic E-state index is -4.55. The Kier molecular flexibility index (Phi) is 2.93. The molecule has 0 aliphatic rings. The van der Waals surface area contributed by atoms with Crippen LogP contribution in [0.5, 0.6) is 0 Å². The summed E-state index contributed by atoms with van der Waals surface area (Å²) in [7, 11) is 0. The highest BCUT2D eigenvalue weighted by molar-refractivity contribution is 14.1. The van der Waals surface area contributed by atoms with Crippen LogP contribution in [0.1, 0.15) is 5.69 Å². The van der Waals surface area contributed by atoms with Gasteiger partial charge in [0.15, 0.2) is 5.69 Å². The Morgan fingerprint density at radius 2 is 1.82 bits per heavy atom. The van der Waals surface area contributed by atoms with Crippen LogP contribution >= 0.6 is 22.6 Å². The Hall–Kier alpha value is -1.39. The van der Waals surface area contributed by atoms with E-state index in [0.29, 0.717) is 0 Å². The summed E-state index contributed by atoms with van der Waals surface area (Å²) in [5.74, 6) is -0.137. The van der Waals surface area contributed by atoms with Crippen LogP contribution in [0.3, 0.4) is 0 Å². The van der Waals surface area contributed by atoms with Gasteiger partial charge in [-0.1, -0.05) is 0 Å². The molecule has 0 amide bonds. The molecule has 0 spiro atoms. The third-order valence-electron chi connectivity index (χ3n) is 1.87. The van der Waals surface area contributed by atoms with E-state index in [9.17, 15) is 13.2 Å². The largest absolute Gasteiger partial charge is 0.436 e. The van der Waals surface area contributed by atoms with E-state index in [1.165, 1.54) is 35.0 Å². The Morgan fingerprint density at radius 3 is 2.29 bits per heavy atom. The highest BCUT2D eigenvalue weighted by Crippen LogP contribution is 2.34. The molecular formula is C8H5F3IN5. The molecule has 0 aromatic carbocycles. The number of anilines is 1. The van der Waals surface area contributed by atoms with Crippen molar-refractivity contribution in [3.8, 4) is 5.95 Å². The lowest BCUT2D eigenvalue weighted by atomic mass is 10.4. The van der Waals surface area contributed by atoms with E-state index in [4.69, 9.17) is 5.73 Å². The number of alkyl halides is 3. The van der Waals surface area contributed by atoms with Gasteiger partial charge in [0.1, 0.15) is 5.82 Å². The average molecular weight is 355 g/mol. The molecule has 0 atom stereocenters. The van der Waals surface area contributed by atoms with Crippen LogP contribution < -0.4 is 5.73 Å². The van der Waals surface area contributed by atoms with Crippen molar-refractivity contribution in [1.29, 1.82) is 0 Å². The SMILES string of the molecule is Nc1c(I)c(C(F)(F)F)nn1-c1ncccn1. The van der Waals surface area contributed by atoms with Crippen molar-refractivity contribution in [3.63, 3.8) is 0 Å². The number of nitrogens with two attached hydrogens (primary N) is 1. The Bertz CT molecular complexity index is 536. The molecule has 0 radical (unpaired) electrons. The summed E-state index contributed by atoms with van der Waals surface area (Å²) in [6.45, 7) is 0. The van der Waals surface area contributed by atoms with E-state index in [1.54, 1.807) is 6.07 Å². The fourth-order valence-corrected chi connectivity index (χ4v) is 1.79. The molecule has 0 saturated heterocycles. The zero-order chi connectivity index (χ0) is 12.6. The maximum Gasteiger partial charge on any atom is 0.436 e. The van der Waals surface area contributed by atoms with Gasteiger partial charge in [0.2, 0.25) is 0 Å². The first kappa shape index (κ1) is 12.1. The molecule has 9 heteroatoms. The normalized spacial score (nSPS) is 11.8. The van der Waals surface area contributed by atoms with Crippen LogP contribution in [-0.4, -0.2) is 19.7 Å². The minimum Gasteiger partial charge on any atom is -0.383 e. The molecule has 2 N–H and O–H groups in total. The molecular weight excluding hydrogens is 350 g/mol. The first-order valence-electron chi connectivity index (χ1n) is 4.30. The van der Waals surface area contributed by atoms with Gasteiger partial charge in [-0.05, 0) is 28.7 Å². The second kappa shape index (κ2) is 4.13. The number of rotatable bonds is 1. The quantitative estimate of drug-likeness (QED) is 0.793. The van der Waals surface area contributed by atoms with Gasteiger partial charge in [0.25, 0.3) is 5.95 Å². The Balaban J connectivity index is 2.59. The van der Waals surface area contributed by atoms with Gasteiger partial charge < -0.3 is 5.73 Å². The molecule has 0 unspecified atom stereocenters. The fourth-order valence-electron chi connectivity index (χ4n) is 1.15. The summed E-state index contributed by atoms with van der Waals surface area (Å²) in [6, 6.07) is 1.54. The Morgan fingerprint density at radius 1 is 1.24 bits per heavy atom. The van der Waals surface area contributed by atoms with E-state index in [-0.39, 0.29) is 15.3 Å². The van der Waals surface area contributed by atoms with E-state index in [0.717, 1.165) is 4.68 Å². The maximum atomic E-state index is 12.6. The lowest BCUT2D eigenvalue weighted by molar-refractivity contribution is -0.142. The lowest BCUT2D eigenvalue weighted by Gasteiger charge is -2.01. The molecule has 0 aliphatic carbocycles. The summed E-state index contributed by atoms with van der Waals surface area (Å²) in [5, 5.41) is 3.38. The van der Waals surface area contributed by atoms with Crippen molar-refractivity contribution in [2.45, 2.75) is 6.18 Å². The number of aromatic nitrogens is 4. The van der Waals surface area contributed by atoms with Gasteiger partial charge in [-0.25, -0.2) is 9.97 Å². The predicted molar refractivity (Wildman–Crippen MR) is 61.3 cm³/mol. The third-order valence-corrected chi connectivity index (χ3v) is 2.93. The molecule has 5 nitrogen and oxygen atoms in total. The highest BCUT2D eigenvalue weighted by Gasteiger charge is 2.38. The van der Waals surface area contributed by atoms with E-state index >= 15 is 0 Å². The zero-order valence-corrected chi connectivity index (χ0v) is 10.3. The number of halogens is 4. The standard InChI is InChI=1S/C8H5F3IN5/c9-8(10,11)5-4(12)6(13)17(16-5)7-14-2-1-3-15-7/h1-3H,13H2. The fraction of sp³-hybridized carbons (Fsp3) is 0.125. The van der Waals surface area contributed by atoms with Crippen LogP contribution in [0.15, 0.2) is 18.5 Å². The summed E-state index contributed by atoms with van der Waals surface area (Å²) < 4.78 is 38.4. The Labute approximate surface area is 107 Å². The predicted octanol–water partition coefficient (Wildman–Crippen LogP) is 1.87. The van der Waals surface area contributed by atoms with Crippen molar-refractivity contribution in [3.05, 3.63) is 27.7 Å². The van der Waals surface area contributed by atoms with Crippen LogP contribution in [0.2, 0.25) is 0 Å². The summed E-state index contributed by atoms with van der Waals surface area (Å²) >= 11 is 1.49. The molecule has 0 aliphatic heterocycles. The van der Waals surface area contributed by atoms with Crippen molar-refractivity contribution >= 4 is 28.4 Å². The van der Waals surface area contributed by atoms with Gasteiger partial charge in [-0.3, -0.25) is 0 Å². The van der Waals surface area contributed by atoms with E-state index in [1.807, 2.05) is 0 Å². The number of nitrogen functional groups attached to an aromatic ring is 1. The summed E-state index contributed by atoms with van der Waals surface area (Å²) in [5.41, 5.74) is 4.51. The van der Waals surface area contributed by atoms with Gasteiger partial charge in [-0.15, -0.1) is 0 Å². The molecule has 90 valence electrons. The van der Waals surface area contributed by atoms with Crippen molar-refractivity contribution in [2.24, 2.45) is 0 Å². The van der Waals surface area contributed by atoms with Crippen molar-refractivity contribution in [2.75, 3.05) is 5.73 Å². The smallest absolute Gasteiger partial charge is 0.383 e. The lowest BCUT2D eigenvalue weighted by Crippen LogP contribution is -2.09. The second-order valence-corrected chi connectivity index (χ2v) is 4.08. The summed E-state index contributed by atoms with van der Waals surface area (Å²) in [6.07, 6.45) is -1.77. The second-order valence-electron chi connectivity index (χ2n) is 3.01. The van der Waals surface area contributed by atoms with E-state index < -0.39 is 11.9 Å². The first-order chi connectivity index (χ1) is 7.91. The minimum absolute atomic E-state index is 0.00147. The topological polar surface area (TPSA) is 69.6 Å². The average Bonchev–Trinajstić information content (AvgIpc) is 2.57. The molecule has 2 heterocycles. The monoisotopic (exact) mass is 355 g/mol. The molecule has 17 heavy (non-hydrogen) atoms. The molecule has 2 rings (SSSR count). The van der Waals surface area contributed by atoms with Crippen molar-refractivity contribution in [1.82, 2.24) is 19.7 Å². The number of hydrogen-bond acceptors (Lipinski definition) is 4. The molecule has 2 aromatic heterocycles. The van der Waals surface area contributed by atoms with Crippen LogP contribution in [-0.2, 0) is 6.18 Å². The highest BCUT2D eigenvalue weighted by atomic mass is 127.